The summed E-state index contributed by atoms with van der Waals surface area (Å²) < 4.78 is 0. The smallest absolute Gasteiger partial charge is 0.0986 e. The minimum absolute atomic E-state index is 0.434. The number of aliphatic hydroxyl groups excluding tert-OH is 1. The lowest BCUT2D eigenvalue weighted by Gasteiger charge is -2.08. The summed E-state index contributed by atoms with van der Waals surface area (Å²) >= 11 is 0. The van der Waals surface area contributed by atoms with E-state index in [0.717, 1.165) is 16.5 Å². The van der Waals surface area contributed by atoms with E-state index in [9.17, 15) is 5.11 Å². The first kappa shape index (κ1) is 7.77. The molecule has 1 unspecified atom stereocenters. The first-order valence-corrected chi connectivity index (χ1v) is 4.74. The Morgan fingerprint density at radius 1 is 1.00 bits per heavy atom. The number of hydrogen-bond donors (Lipinski definition) is 1. The van der Waals surface area contributed by atoms with Gasteiger partial charge in [0.1, 0.15) is 0 Å². The van der Waals surface area contributed by atoms with E-state index >= 15 is 0 Å². The van der Waals surface area contributed by atoms with Crippen LogP contribution in [0, 0.1) is 0 Å². The third-order valence-corrected chi connectivity index (χ3v) is 2.76. The fourth-order valence-corrected chi connectivity index (χ4v) is 2.08. The van der Waals surface area contributed by atoms with Gasteiger partial charge in [0, 0.05) is 0 Å². The van der Waals surface area contributed by atoms with Crippen molar-refractivity contribution >= 4 is 16.8 Å². The molecule has 0 heterocycles. The van der Waals surface area contributed by atoms with Gasteiger partial charge in [0.05, 0.1) is 6.10 Å². The van der Waals surface area contributed by atoms with Crippen LogP contribution in [-0.4, -0.2) is 5.11 Å². The molecule has 0 saturated heterocycles. The molecular formula is C13H10O. The molecule has 1 aliphatic rings. The molecule has 0 saturated carbocycles. The Balaban J connectivity index is 2.44. The van der Waals surface area contributed by atoms with Gasteiger partial charge in [-0.05, 0) is 21.9 Å². The van der Waals surface area contributed by atoms with Crippen LogP contribution in [-0.2, 0) is 0 Å². The summed E-state index contributed by atoms with van der Waals surface area (Å²) in [5.41, 5.74) is 2.18. The average molecular weight is 182 g/mol. The van der Waals surface area contributed by atoms with Gasteiger partial charge in [0.2, 0.25) is 0 Å². The van der Waals surface area contributed by atoms with Crippen molar-refractivity contribution in [1.29, 1.82) is 0 Å². The highest BCUT2D eigenvalue weighted by Gasteiger charge is 2.16. The topological polar surface area (TPSA) is 20.2 Å². The molecule has 1 heteroatoms. The van der Waals surface area contributed by atoms with Crippen LogP contribution in [0.1, 0.15) is 17.2 Å². The lowest BCUT2D eigenvalue weighted by Crippen LogP contribution is -1.92. The van der Waals surface area contributed by atoms with Gasteiger partial charge in [-0.25, -0.2) is 0 Å². The van der Waals surface area contributed by atoms with E-state index in [1.807, 2.05) is 24.3 Å². The van der Waals surface area contributed by atoms with E-state index in [1.54, 1.807) is 0 Å². The molecule has 0 bridgehead atoms. The molecule has 3 rings (SSSR count). The van der Waals surface area contributed by atoms with Gasteiger partial charge >= 0.3 is 0 Å². The van der Waals surface area contributed by atoms with Crippen LogP contribution in [0.25, 0.3) is 16.8 Å². The van der Waals surface area contributed by atoms with Gasteiger partial charge in [-0.15, -0.1) is 0 Å². The predicted octanol–water partition coefficient (Wildman–Crippen LogP) is 2.90. The molecule has 1 N–H and O–H groups in total. The Morgan fingerprint density at radius 3 is 2.79 bits per heavy atom. The van der Waals surface area contributed by atoms with Gasteiger partial charge in [-0.2, -0.15) is 0 Å². The lowest BCUT2D eigenvalue weighted by atomic mass is 9.99. The van der Waals surface area contributed by atoms with Crippen molar-refractivity contribution in [3.8, 4) is 0 Å². The molecule has 1 nitrogen and oxygen atoms in total. The molecule has 1 aliphatic carbocycles. The van der Waals surface area contributed by atoms with Crippen molar-refractivity contribution in [3.63, 3.8) is 0 Å². The summed E-state index contributed by atoms with van der Waals surface area (Å²) in [6.07, 6.45) is 3.37. The summed E-state index contributed by atoms with van der Waals surface area (Å²) in [6, 6.07) is 12.3. The summed E-state index contributed by atoms with van der Waals surface area (Å²) in [7, 11) is 0. The molecule has 0 radical (unpaired) electrons. The predicted molar refractivity (Wildman–Crippen MR) is 57.9 cm³/mol. The minimum Gasteiger partial charge on any atom is -0.384 e. The maximum absolute atomic E-state index is 9.79. The first-order valence-electron chi connectivity index (χ1n) is 4.74. The van der Waals surface area contributed by atoms with E-state index in [4.69, 9.17) is 0 Å². The molecule has 0 spiro atoms. The lowest BCUT2D eigenvalue weighted by molar-refractivity contribution is 0.233. The maximum Gasteiger partial charge on any atom is 0.0986 e. The Bertz CT molecular complexity index is 526. The molecule has 2 aromatic carbocycles. The highest BCUT2D eigenvalue weighted by Crippen LogP contribution is 2.34. The highest BCUT2D eigenvalue weighted by molar-refractivity contribution is 5.90. The molecule has 0 fully saturated rings. The van der Waals surface area contributed by atoms with Gasteiger partial charge in [-0.1, -0.05) is 48.6 Å². The summed E-state index contributed by atoms with van der Waals surface area (Å²) in [6.45, 7) is 0. The quantitative estimate of drug-likeness (QED) is 0.664. The minimum atomic E-state index is -0.434. The van der Waals surface area contributed by atoms with Crippen LogP contribution < -0.4 is 0 Å². The summed E-state index contributed by atoms with van der Waals surface area (Å²) in [4.78, 5) is 0. The fraction of sp³-hybridized carbons (Fsp3) is 0.0769. The summed E-state index contributed by atoms with van der Waals surface area (Å²) in [5, 5.41) is 12.1. The van der Waals surface area contributed by atoms with E-state index in [-0.39, 0.29) is 0 Å². The monoisotopic (exact) mass is 182 g/mol. The molecule has 68 valence electrons. The molecule has 0 amide bonds. The average Bonchev–Trinajstić information content (AvgIpc) is 2.61. The first-order chi connectivity index (χ1) is 6.86. The van der Waals surface area contributed by atoms with Crippen LogP contribution in [0.15, 0.2) is 42.5 Å². The van der Waals surface area contributed by atoms with Crippen molar-refractivity contribution in [2.75, 3.05) is 0 Å². The highest BCUT2D eigenvalue weighted by atomic mass is 16.3. The van der Waals surface area contributed by atoms with Gasteiger partial charge in [0.15, 0.2) is 0 Å². The van der Waals surface area contributed by atoms with Crippen molar-refractivity contribution in [2.24, 2.45) is 0 Å². The summed E-state index contributed by atoms with van der Waals surface area (Å²) in [5.74, 6) is 0. The zero-order chi connectivity index (χ0) is 9.54. The van der Waals surface area contributed by atoms with Crippen LogP contribution in [0.2, 0.25) is 0 Å². The number of fused-ring (bicyclic) bond motifs is 3. The fourth-order valence-electron chi connectivity index (χ4n) is 2.08. The van der Waals surface area contributed by atoms with Gasteiger partial charge in [-0.3, -0.25) is 0 Å². The zero-order valence-corrected chi connectivity index (χ0v) is 7.64. The van der Waals surface area contributed by atoms with Gasteiger partial charge in [0.25, 0.3) is 0 Å². The molecule has 14 heavy (non-hydrogen) atoms. The van der Waals surface area contributed by atoms with Crippen LogP contribution in [0.5, 0.6) is 0 Å². The van der Waals surface area contributed by atoms with Crippen molar-refractivity contribution in [3.05, 3.63) is 53.6 Å². The van der Waals surface area contributed by atoms with E-state index in [0.29, 0.717) is 0 Å². The SMILES string of the molecule is OC1C=Cc2ccc3ccccc3c21. The molecule has 2 aromatic rings. The Hall–Kier alpha value is -1.60. The Kier molecular flexibility index (Phi) is 1.49. The van der Waals surface area contributed by atoms with Crippen LogP contribution >= 0.6 is 0 Å². The van der Waals surface area contributed by atoms with Crippen molar-refractivity contribution in [2.45, 2.75) is 6.10 Å². The standard InChI is InChI=1S/C13H10O/c14-12-8-7-10-6-5-9-3-1-2-4-11(9)13(10)12/h1-8,12,14H. The second-order valence-electron chi connectivity index (χ2n) is 3.59. The van der Waals surface area contributed by atoms with Crippen LogP contribution in [0.3, 0.4) is 0 Å². The number of hydrogen-bond acceptors (Lipinski definition) is 1. The number of rotatable bonds is 0. The molecule has 0 aromatic heterocycles. The number of aliphatic hydroxyl groups is 1. The Morgan fingerprint density at radius 2 is 1.86 bits per heavy atom. The van der Waals surface area contributed by atoms with E-state index < -0.39 is 6.10 Å². The van der Waals surface area contributed by atoms with Crippen LogP contribution in [0.4, 0.5) is 0 Å². The van der Waals surface area contributed by atoms with Crippen molar-refractivity contribution < 1.29 is 5.11 Å². The normalized spacial score (nSPS) is 18.8. The maximum atomic E-state index is 9.79. The molecular weight excluding hydrogens is 172 g/mol. The van der Waals surface area contributed by atoms with E-state index in [2.05, 4.69) is 24.3 Å². The zero-order valence-electron chi connectivity index (χ0n) is 7.64. The second kappa shape index (κ2) is 2.69. The number of benzene rings is 2. The molecule has 1 atom stereocenters. The third kappa shape index (κ3) is 0.932. The Labute approximate surface area is 82.3 Å². The van der Waals surface area contributed by atoms with Crippen molar-refractivity contribution in [1.82, 2.24) is 0 Å². The largest absolute Gasteiger partial charge is 0.384 e. The third-order valence-electron chi connectivity index (χ3n) is 2.76. The van der Waals surface area contributed by atoms with Gasteiger partial charge < -0.3 is 5.11 Å². The second-order valence-corrected chi connectivity index (χ2v) is 3.59. The van der Waals surface area contributed by atoms with E-state index in [1.165, 1.54) is 5.39 Å². The molecule has 0 aliphatic heterocycles.